The van der Waals surface area contributed by atoms with Crippen molar-refractivity contribution in [3.05, 3.63) is 89.2 Å². The van der Waals surface area contributed by atoms with Gasteiger partial charge in [-0.3, -0.25) is 4.57 Å². The second-order valence-electron chi connectivity index (χ2n) is 8.57. The van der Waals surface area contributed by atoms with Gasteiger partial charge in [-0.1, -0.05) is 41.9 Å². The lowest BCUT2D eigenvalue weighted by Gasteiger charge is -2.14. The minimum atomic E-state index is -0.700. The number of methoxy groups -OCH3 is 1. The maximum Gasteiger partial charge on any atom is 0.357 e. The predicted molar refractivity (Wildman–Crippen MR) is 155 cm³/mol. The summed E-state index contributed by atoms with van der Waals surface area (Å²) in [5.41, 5.74) is 2.51. The molecule has 0 aliphatic heterocycles. The number of anilines is 2. The van der Waals surface area contributed by atoms with Crippen LogP contribution < -0.4 is 15.4 Å². The van der Waals surface area contributed by atoms with Gasteiger partial charge in [0.2, 0.25) is 0 Å². The van der Waals surface area contributed by atoms with Gasteiger partial charge in [0.25, 0.3) is 0 Å². The third-order valence-electron chi connectivity index (χ3n) is 5.96. The van der Waals surface area contributed by atoms with Crippen LogP contribution in [-0.2, 0) is 9.47 Å². The highest BCUT2D eigenvalue weighted by Gasteiger charge is 2.25. The van der Waals surface area contributed by atoms with E-state index in [-0.39, 0.29) is 41.1 Å². The van der Waals surface area contributed by atoms with Crippen molar-refractivity contribution < 1.29 is 33.7 Å². The van der Waals surface area contributed by atoms with E-state index in [0.717, 1.165) is 0 Å². The summed E-state index contributed by atoms with van der Waals surface area (Å²) in [5, 5.41) is 15.9. The Morgan fingerprint density at radius 3 is 2.24 bits per heavy atom. The summed E-state index contributed by atoms with van der Waals surface area (Å²) in [5.74, 6) is -0.878. The van der Waals surface area contributed by atoms with Crippen molar-refractivity contribution in [1.29, 1.82) is 0 Å². The molecular formula is C30H28ClN3O7. The molecule has 4 aromatic rings. The van der Waals surface area contributed by atoms with Gasteiger partial charge in [-0.2, -0.15) is 0 Å². The number of nitrogens with zero attached hydrogens (tertiary/aromatic N) is 1. The molecule has 0 fully saturated rings. The minimum Gasteiger partial charge on any atom is -0.504 e. The summed E-state index contributed by atoms with van der Waals surface area (Å²) in [7, 11) is 1.47. The van der Waals surface area contributed by atoms with E-state index >= 15 is 0 Å². The van der Waals surface area contributed by atoms with Crippen LogP contribution in [0.4, 0.5) is 16.2 Å². The quantitative estimate of drug-likeness (QED) is 0.193. The van der Waals surface area contributed by atoms with E-state index in [1.54, 1.807) is 74.5 Å². The van der Waals surface area contributed by atoms with Crippen LogP contribution >= 0.6 is 11.6 Å². The number of amides is 2. The molecule has 0 saturated heterocycles. The van der Waals surface area contributed by atoms with E-state index in [9.17, 15) is 19.5 Å². The average Bonchev–Trinajstić information content (AvgIpc) is 3.28. The molecule has 0 aliphatic carbocycles. The van der Waals surface area contributed by atoms with Crippen LogP contribution in [0, 0.1) is 0 Å². The van der Waals surface area contributed by atoms with Gasteiger partial charge in [0.1, 0.15) is 5.15 Å². The SMILES string of the molecule is CCOC(=O)c1cccc(NC(=O)Nc2cc(Cl)n(-c3ccc(-c4cccc(OC)c4O)cc3)c2C(=O)OCC)c1. The van der Waals surface area contributed by atoms with E-state index < -0.39 is 18.0 Å². The normalized spacial score (nSPS) is 10.5. The summed E-state index contributed by atoms with van der Waals surface area (Å²) in [6.07, 6.45) is 0. The highest BCUT2D eigenvalue weighted by atomic mass is 35.5. The molecule has 1 heterocycles. The molecule has 0 bridgehead atoms. The van der Waals surface area contributed by atoms with Crippen molar-refractivity contribution >= 4 is 40.9 Å². The van der Waals surface area contributed by atoms with Crippen molar-refractivity contribution in [3.8, 4) is 28.3 Å². The lowest BCUT2D eigenvalue weighted by molar-refractivity contribution is 0.0512. The highest BCUT2D eigenvalue weighted by molar-refractivity contribution is 6.31. The van der Waals surface area contributed by atoms with Gasteiger partial charge in [0.15, 0.2) is 17.2 Å². The van der Waals surface area contributed by atoms with E-state index in [2.05, 4.69) is 10.6 Å². The van der Waals surface area contributed by atoms with E-state index in [1.807, 2.05) is 0 Å². The molecule has 11 heteroatoms. The summed E-state index contributed by atoms with van der Waals surface area (Å²) in [6, 6.07) is 19.1. The fourth-order valence-electron chi connectivity index (χ4n) is 4.16. The number of hydrogen-bond donors (Lipinski definition) is 3. The Kier molecular flexibility index (Phi) is 9.15. The number of esters is 2. The molecule has 1 aromatic heterocycles. The molecular weight excluding hydrogens is 550 g/mol. The van der Waals surface area contributed by atoms with Crippen molar-refractivity contribution in [1.82, 2.24) is 4.57 Å². The number of hydrogen-bond acceptors (Lipinski definition) is 7. The van der Waals surface area contributed by atoms with E-state index in [1.165, 1.54) is 23.8 Å². The zero-order chi connectivity index (χ0) is 29.5. The minimum absolute atomic E-state index is 0.000694. The molecule has 41 heavy (non-hydrogen) atoms. The summed E-state index contributed by atoms with van der Waals surface area (Å²) < 4.78 is 16.9. The van der Waals surface area contributed by atoms with Gasteiger partial charge < -0.3 is 30.0 Å². The zero-order valence-corrected chi connectivity index (χ0v) is 23.3. The monoisotopic (exact) mass is 577 g/mol. The number of halogens is 1. The van der Waals surface area contributed by atoms with E-state index in [0.29, 0.717) is 28.3 Å². The number of ether oxygens (including phenoxy) is 3. The maximum atomic E-state index is 13.0. The Morgan fingerprint density at radius 2 is 1.56 bits per heavy atom. The largest absolute Gasteiger partial charge is 0.504 e. The molecule has 3 aromatic carbocycles. The third kappa shape index (κ3) is 6.44. The number of rotatable bonds is 9. The van der Waals surface area contributed by atoms with Gasteiger partial charge in [0.05, 0.1) is 31.6 Å². The first-order valence-corrected chi connectivity index (χ1v) is 13.1. The molecule has 0 radical (unpaired) electrons. The van der Waals surface area contributed by atoms with Gasteiger partial charge in [-0.25, -0.2) is 14.4 Å². The number of urea groups is 1. The van der Waals surface area contributed by atoms with Gasteiger partial charge in [-0.05, 0) is 55.8 Å². The smallest absolute Gasteiger partial charge is 0.357 e. The van der Waals surface area contributed by atoms with Crippen LogP contribution in [0.2, 0.25) is 5.15 Å². The third-order valence-corrected chi connectivity index (χ3v) is 6.24. The Hall–Kier alpha value is -4.96. The highest BCUT2D eigenvalue weighted by Crippen LogP contribution is 2.37. The first-order valence-electron chi connectivity index (χ1n) is 12.7. The number of para-hydroxylation sites is 1. The number of benzene rings is 3. The number of carbonyl (C=O) groups excluding carboxylic acids is 3. The zero-order valence-electron chi connectivity index (χ0n) is 22.6. The van der Waals surface area contributed by atoms with Crippen LogP contribution in [0.25, 0.3) is 16.8 Å². The van der Waals surface area contributed by atoms with Crippen molar-refractivity contribution in [2.75, 3.05) is 31.0 Å². The molecule has 0 aliphatic rings. The standard InChI is InChI=1S/C30H28ClN3O7/c1-4-40-28(36)19-8-6-9-20(16-19)32-30(38)33-23-17-25(31)34(26(23)29(37)41-5-2)21-14-12-18(13-15-21)22-10-7-11-24(39-3)27(22)35/h6-17,35H,4-5H2,1-3H3,(H2,32,33,38). The van der Waals surface area contributed by atoms with Crippen LogP contribution in [-0.4, -0.2) is 48.0 Å². The van der Waals surface area contributed by atoms with Crippen molar-refractivity contribution in [2.45, 2.75) is 13.8 Å². The topological polar surface area (TPSA) is 128 Å². The molecule has 0 spiro atoms. The van der Waals surface area contributed by atoms with Crippen LogP contribution in [0.5, 0.6) is 11.5 Å². The van der Waals surface area contributed by atoms with Crippen LogP contribution in [0.1, 0.15) is 34.7 Å². The molecule has 212 valence electrons. The lowest BCUT2D eigenvalue weighted by atomic mass is 10.0. The second-order valence-corrected chi connectivity index (χ2v) is 8.96. The fraction of sp³-hybridized carbons (Fsp3) is 0.167. The molecule has 2 amide bonds. The molecule has 3 N–H and O–H groups in total. The van der Waals surface area contributed by atoms with Crippen LogP contribution in [0.15, 0.2) is 72.8 Å². The van der Waals surface area contributed by atoms with Gasteiger partial charge in [0, 0.05) is 23.0 Å². The number of carbonyl (C=O) groups is 3. The summed E-state index contributed by atoms with van der Waals surface area (Å²) >= 11 is 6.55. The number of aromatic hydroxyl groups is 1. The second kappa shape index (κ2) is 12.9. The molecule has 10 nitrogen and oxygen atoms in total. The molecule has 0 unspecified atom stereocenters. The fourth-order valence-corrected chi connectivity index (χ4v) is 4.45. The Labute approximate surface area is 241 Å². The van der Waals surface area contributed by atoms with Gasteiger partial charge >= 0.3 is 18.0 Å². The maximum absolute atomic E-state index is 13.0. The molecule has 0 atom stereocenters. The number of phenolic OH excluding ortho intramolecular Hbond substituents is 1. The molecule has 4 rings (SSSR count). The van der Waals surface area contributed by atoms with Gasteiger partial charge in [-0.15, -0.1) is 0 Å². The molecule has 0 saturated carbocycles. The number of nitrogens with one attached hydrogen (secondary N) is 2. The number of phenols is 1. The summed E-state index contributed by atoms with van der Waals surface area (Å²) in [4.78, 5) is 38.0. The average molecular weight is 578 g/mol. The lowest BCUT2D eigenvalue weighted by Crippen LogP contribution is -2.22. The van der Waals surface area contributed by atoms with Crippen LogP contribution in [0.3, 0.4) is 0 Å². The van der Waals surface area contributed by atoms with Crippen molar-refractivity contribution in [3.63, 3.8) is 0 Å². The number of aromatic nitrogens is 1. The predicted octanol–water partition coefficient (Wildman–Crippen LogP) is 6.51. The Morgan fingerprint density at radius 1 is 0.878 bits per heavy atom. The first-order chi connectivity index (χ1) is 19.8. The van der Waals surface area contributed by atoms with Crippen molar-refractivity contribution in [2.24, 2.45) is 0 Å². The Bertz CT molecular complexity index is 1580. The first kappa shape index (κ1) is 29.0. The summed E-state index contributed by atoms with van der Waals surface area (Å²) in [6.45, 7) is 3.68. The van der Waals surface area contributed by atoms with E-state index in [4.69, 9.17) is 25.8 Å². The Balaban J connectivity index is 1.63.